The first-order chi connectivity index (χ1) is 63.4. The van der Waals surface area contributed by atoms with Crippen LogP contribution in [0.15, 0.2) is 0 Å². The van der Waals surface area contributed by atoms with E-state index < -0.39 is 434 Å². The molecule has 11 aliphatic rings. The molecular formula is C74H124N4O56. The summed E-state index contributed by atoms with van der Waals surface area (Å²) in [5.74, 6) is -3.92. The largest absolute Gasteiger partial charge is 0.394 e. The third-order valence-electron chi connectivity index (χ3n) is 24.6. The molecule has 11 fully saturated rings. The van der Waals surface area contributed by atoms with E-state index in [1.54, 1.807) is 0 Å². The maximum atomic E-state index is 13.4. The van der Waals surface area contributed by atoms with Gasteiger partial charge in [-0.05, 0) is 0 Å². The molecule has 776 valence electrons. The Labute approximate surface area is 757 Å². The highest BCUT2D eigenvalue weighted by Gasteiger charge is 2.63. The van der Waals surface area contributed by atoms with Gasteiger partial charge in [-0.25, -0.2) is 0 Å². The van der Waals surface area contributed by atoms with Gasteiger partial charge in [0.1, 0.15) is 268 Å². The minimum absolute atomic E-state index is 0.830. The van der Waals surface area contributed by atoms with E-state index in [2.05, 4.69) is 21.3 Å². The third kappa shape index (κ3) is 24.1. The Morgan fingerprint density at radius 2 is 0.403 bits per heavy atom. The van der Waals surface area contributed by atoms with Crippen LogP contribution in [0.3, 0.4) is 0 Å². The minimum Gasteiger partial charge on any atom is -0.394 e. The molecule has 0 aromatic carbocycles. The van der Waals surface area contributed by atoms with E-state index in [9.17, 15) is 177 Å². The van der Waals surface area contributed by atoms with Crippen LogP contribution >= 0.6 is 0 Å². The molecule has 0 saturated carbocycles. The summed E-state index contributed by atoms with van der Waals surface area (Å²) in [6.07, 6.45) is -111. The number of rotatable bonds is 35. The van der Waals surface area contributed by atoms with Crippen LogP contribution in [0.5, 0.6) is 0 Å². The molecule has 134 heavy (non-hydrogen) atoms. The maximum absolute atomic E-state index is 13.4. The van der Waals surface area contributed by atoms with Crippen molar-refractivity contribution < 1.29 is 277 Å². The molecule has 11 aliphatic heterocycles. The van der Waals surface area contributed by atoms with Gasteiger partial charge in [-0.3, -0.25) is 19.2 Å². The molecule has 0 aliphatic carbocycles. The van der Waals surface area contributed by atoms with Crippen LogP contribution in [0.4, 0.5) is 0 Å². The summed E-state index contributed by atoms with van der Waals surface area (Å²) in [7, 11) is 0. The standard InChI is InChI=1S/C74H124N4O56/c1-16(88)75-31-41(98)56(24(9-83)116-64(31)113)127-65-32(76-17(2)89)43(100)59(27(12-86)121-65)131-73-55(112)62(40(97)30(126-73)15-115-69-54(111)61(132-72-52(109)48(105)38(95)23(8-82)120-72)39(96)29(125-69)14-114-68-49(106)45(102)35(92)20(5-79)117-68)133-74-63(134-67-34(78-19(4)91)44(101)58(26(11-85)123-67)130-71-51(108)47(104)37(94)22(7-81)119-71)53(110)60(28(13-87)124-74)128-66-33(77-18(3)90)42(99)57(25(10-84)122-66)129-70-50(107)46(103)36(93)21(6-80)118-70/h20-74,79-87,92-113H,5-15H2,1-4H3,(H,75,88)(H,76,89)(H,77,90)(H,78,91)/t20-,21-,22-,23-,24-,25-,26-,27-,28-,29-,30-,31-,32-,33-,34-,35-,36+,37+,38-,39-,40-,41-,42-,43-,44-,45+,46+,47+,48+,49+,50-,51-,52+,53+,54+,55-,56-,57-,58-,59-,60-,61+,62+,63+,64?,65+,66+,67+,68+,69+,70+,71+,72-,73+,74-/m1/s1. The molecule has 11 rings (SSSR count). The number of hydrogen-bond acceptors (Lipinski definition) is 56. The average molecular weight is 1970 g/mol. The lowest BCUT2D eigenvalue weighted by Crippen LogP contribution is -2.71. The molecule has 0 radical (unpaired) electrons. The van der Waals surface area contributed by atoms with E-state index in [0.29, 0.717) is 0 Å². The summed E-state index contributed by atoms with van der Waals surface area (Å²) in [4.78, 5) is 52.1. The van der Waals surface area contributed by atoms with E-state index >= 15 is 0 Å². The fraction of sp³-hybridized carbons (Fsp3) is 0.946. The monoisotopic (exact) mass is 1960 g/mol. The zero-order valence-corrected chi connectivity index (χ0v) is 71.6. The van der Waals surface area contributed by atoms with Crippen LogP contribution in [0, 0.1) is 0 Å². The highest BCUT2D eigenvalue weighted by atomic mass is 16.8. The predicted molar refractivity (Wildman–Crippen MR) is 409 cm³/mol. The van der Waals surface area contributed by atoms with Crippen molar-refractivity contribution in [2.24, 2.45) is 0 Å². The topological polar surface area (TPSA) is 937 Å². The smallest absolute Gasteiger partial charge is 0.217 e. The van der Waals surface area contributed by atoms with Crippen molar-refractivity contribution in [1.29, 1.82) is 0 Å². The molecule has 60 heteroatoms. The van der Waals surface area contributed by atoms with Gasteiger partial charge in [-0.2, -0.15) is 0 Å². The third-order valence-corrected chi connectivity index (χ3v) is 24.6. The fourth-order valence-corrected chi connectivity index (χ4v) is 17.3. The Morgan fingerprint density at radius 3 is 0.724 bits per heavy atom. The van der Waals surface area contributed by atoms with Crippen LogP contribution < -0.4 is 21.3 Å². The molecule has 0 spiro atoms. The van der Waals surface area contributed by atoms with Crippen molar-refractivity contribution in [3.8, 4) is 0 Å². The second-order valence-electron chi connectivity index (χ2n) is 33.8. The Kier molecular flexibility index (Phi) is 39.7. The van der Waals surface area contributed by atoms with Gasteiger partial charge in [0.15, 0.2) is 69.2 Å². The summed E-state index contributed by atoms with van der Waals surface area (Å²) < 4.78 is 125. The molecule has 0 aromatic heterocycles. The van der Waals surface area contributed by atoms with E-state index in [1.165, 1.54) is 0 Å². The van der Waals surface area contributed by atoms with Crippen molar-refractivity contribution in [2.75, 3.05) is 72.7 Å². The summed E-state index contributed by atoms with van der Waals surface area (Å²) in [6.45, 7) is -9.10. The SMILES string of the molecule is CC(=O)N[C@H]1[C@H](O[C@@H]2[C@@H](O[C@@H]3[C@@H](O)[C@H](O[C@H]4[C@H](O)[C@@H](NC(C)=O)[C@H](O[C@H]5[C@H](O)[C@@H](NC(C)=O)C(O)O[C@@H]5CO)O[C@@H]4CO)O[C@H](CO[C@H]4O[C@H](CO[C@H]5O[C@H](CO)[C@@H](O)[C@H](O)[C@@H]5O)[C@@H](O)[C@H](O[C@H]5O[C@H](CO)[C@@H](O)[C@H](O)[C@@H]5O)[C@@H]4O)[C@H]3O)O[C@H](CO)[C@@H](O[C@@H]3O[C@H](CO)[C@@H](O[C@@H]4O[C@H](CO)[C@H](O)[C@H](O)[C@H]4O)[C@H](O)[C@H]3NC(C)=O)[C@@H]2O)O[C@H](CO)[C@@H](O[C@@H]2O[C@H](CO)[C@H](O)[C@H](O)[C@H]2O)[C@@H]1O. The van der Waals surface area contributed by atoms with Gasteiger partial charge in [-0.15, -0.1) is 0 Å². The maximum Gasteiger partial charge on any atom is 0.217 e. The van der Waals surface area contributed by atoms with E-state index in [0.717, 1.165) is 27.7 Å². The predicted octanol–water partition coefficient (Wildman–Crippen LogP) is -24.4. The molecule has 1 unspecified atom stereocenters. The van der Waals surface area contributed by atoms with Crippen LogP contribution in [-0.2, 0) is 119 Å². The zero-order valence-electron chi connectivity index (χ0n) is 71.6. The number of carbonyl (C=O) groups excluding carboxylic acids is 4. The normalized spacial score (nSPS) is 49.8. The van der Waals surface area contributed by atoms with Gasteiger partial charge in [-0.1, -0.05) is 0 Å². The summed E-state index contributed by atoms with van der Waals surface area (Å²) in [6, 6.07) is -7.93. The van der Waals surface area contributed by atoms with Gasteiger partial charge < -0.3 is 279 Å². The van der Waals surface area contributed by atoms with Crippen LogP contribution in [0.25, 0.3) is 0 Å². The molecular weight excluding hydrogens is 1840 g/mol. The first-order valence-electron chi connectivity index (χ1n) is 42.7. The van der Waals surface area contributed by atoms with Gasteiger partial charge in [0.2, 0.25) is 23.6 Å². The molecule has 0 bridgehead atoms. The minimum atomic E-state index is -2.75. The van der Waals surface area contributed by atoms with Crippen molar-refractivity contribution in [1.82, 2.24) is 21.3 Å². The Balaban J connectivity index is 0.985. The highest BCUT2D eigenvalue weighted by Crippen LogP contribution is 2.42. The van der Waals surface area contributed by atoms with Gasteiger partial charge >= 0.3 is 0 Å². The van der Waals surface area contributed by atoms with E-state index in [1.807, 2.05) is 0 Å². The molecule has 35 N–H and O–H groups in total. The fourth-order valence-electron chi connectivity index (χ4n) is 17.3. The van der Waals surface area contributed by atoms with E-state index in [-0.39, 0.29) is 0 Å². The number of ether oxygens (including phenoxy) is 21. The quantitative estimate of drug-likeness (QED) is 0.0280. The number of amides is 4. The zero-order chi connectivity index (χ0) is 98.5. The lowest BCUT2D eigenvalue weighted by atomic mass is 9.93. The number of nitrogens with one attached hydrogen (secondary N) is 4. The first kappa shape index (κ1) is 110. The number of hydrogen-bond donors (Lipinski definition) is 35. The van der Waals surface area contributed by atoms with E-state index in [4.69, 9.17) is 99.5 Å². The molecule has 60 nitrogen and oxygen atoms in total. The number of carbonyl (C=O) groups is 4. The summed E-state index contributed by atoms with van der Waals surface area (Å²) in [5.41, 5.74) is 0. The molecule has 11 saturated heterocycles. The van der Waals surface area contributed by atoms with Crippen molar-refractivity contribution in [3.05, 3.63) is 0 Å². The first-order valence-corrected chi connectivity index (χ1v) is 42.7. The van der Waals surface area contributed by atoms with Gasteiger partial charge in [0, 0.05) is 27.7 Å². The van der Waals surface area contributed by atoms with Crippen molar-refractivity contribution in [2.45, 2.75) is 365 Å². The van der Waals surface area contributed by atoms with Crippen molar-refractivity contribution in [3.63, 3.8) is 0 Å². The second-order valence-corrected chi connectivity index (χ2v) is 33.8. The highest BCUT2D eigenvalue weighted by molar-refractivity contribution is 5.74. The van der Waals surface area contributed by atoms with Gasteiger partial charge in [0.05, 0.1) is 72.7 Å². The lowest BCUT2D eigenvalue weighted by Gasteiger charge is -2.52. The van der Waals surface area contributed by atoms with Crippen LogP contribution in [0.1, 0.15) is 27.7 Å². The summed E-state index contributed by atoms with van der Waals surface area (Å²) in [5, 5.41) is 357. The van der Waals surface area contributed by atoms with Gasteiger partial charge in [0.25, 0.3) is 0 Å². The lowest BCUT2D eigenvalue weighted by molar-refractivity contribution is -0.406. The van der Waals surface area contributed by atoms with Crippen molar-refractivity contribution >= 4 is 23.6 Å². The number of aliphatic hydroxyl groups excluding tert-OH is 31. The Hall–Kier alpha value is -4.20. The Bertz CT molecular complexity index is 3650. The number of aliphatic hydroxyl groups is 31. The Morgan fingerprint density at radius 1 is 0.194 bits per heavy atom. The average Bonchev–Trinajstić information content (AvgIpc) is 0.756. The molecule has 0 aromatic rings. The van der Waals surface area contributed by atoms with Crippen LogP contribution in [0.2, 0.25) is 0 Å². The molecule has 11 heterocycles. The summed E-state index contributed by atoms with van der Waals surface area (Å²) >= 11 is 0. The molecule has 4 amide bonds. The molecule has 55 atom stereocenters. The van der Waals surface area contributed by atoms with Crippen LogP contribution in [-0.4, -0.2) is 592 Å². The second kappa shape index (κ2) is 48.3.